The monoisotopic (exact) mass is 808 g/mol. The first-order chi connectivity index (χ1) is 28.0. The Morgan fingerprint density at radius 1 is 0.750 bits per heavy atom. The fourth-order valence-electron chi connectivity index (χ4n) is 10.8. The third kappa shape index (κ3) is 6.51. The number of hydrogen-bond acceptors (Lipinski definition) is 3. The van der Waals surface area contributed by atoms with Gasteiger partial charge in [0.25, 0.3) is 6.71 Å². The lowest BCUT2D eigenvalue weighted by Crippen LogP contribution is -2.62. The van der Waals surface area contributed by atoms with Crippen molar-refractivity contribution in [3.63, 3.8) is 0 Å². The first kappa shape index (κ1) is 40.9. The summed E-state index contributed by atoms with van der Waals surface area (Å²) in [6.07, 6.45) is 9.67. The second-order valence-electron chi connectivity index (χ2n) is 22.2. The number of allylic oxidation sites excluding steroid dienone is 2. The lowest BCUT2D eigenvalue weighted by Gasteiger charge is -2.47. The molecule has 4 aliphatic rings. The van der Waals surface area contributed by atoms with Gasteiger partial charge < -0.3 is 9.80 Å². The van der Waals surface area contributed by atoms with E-state index < -0.39 is 0 Å². The molecule has 4 heteroatoms. The molecule has 2 atom stereocenters. The highest BCUT2D eigenvalue weighted by molar-refractivity contribution is 7.33. The molecule has 0 fully saturated rings. The van der Waals surface area contributed by atoms with Crippen molar-refractivity contribution in [1.29, 1.82) is 0 Å². The maximum atomic E-state index is 3.75. The van der Waals surface area contributed by atoms with Crippen LogP contribution in [0.2, 0.25) is 0 Å². The van der Waals surface area contributed by atoms with Crippen LogP contribution < -0.4 is 25.5 Å². The molecule has 3 heterocycles. The number of nitrogens with zero attached hydrogens (tertiary/aromatic N) is 2. The van der Waals surface area contributed by atoms with E-state index in [0.29, 0.717) is 0 Å². The van der Waals surface area contributed by atoms with Gasteiger partial charge in [0.05, 0.1) is 11.7 Å². The Labute approximate surface area is 365 Å². The number of thiophene rings is 1. The molecule has 5 aromatic rings. The van der Waals surface area contributed by atoms with Crippen LogP contribution in [0.25, 0.3) is 10.1 Å². The Balaban J connectivity index is 1.41. The van der Waals surface area contributed by atoms with Crippen LogP contribution in [0.3, 0.4) is 0 Å². The van der Waals surface area contributed by atoms with Gasteiger partial charge in [0.15, 0.2) is 0 Å². The molecular weight excluding hydrogens is 744 g/mol. The minimum absolute atomic E-state index is 0.000332. The smallest absolute Gasteiger partial charge is 0.264 e. The average molecular weight is 809 g/mol. The Hall–Kier alpha value is -4.50. The number of hydrogen-bond donors (Lipinski definition) is 0. The molecule has 0 bridgehead atoms. The molecule has 308 valence electrons. The molecule has 0 spiro atoms. The number of fused-ring (bicyclic) bond motifs is 7. The normalized spacial score (nSPS) is 19.9. The highest BCUT2D eigenvalue weighted by Crippen LogP contribution is 2.52. The molecular formula is C56H65BN2S. The molecule has 4 aromatic carbocycles. The summed E-state index contributed by atoms with van der Waals surface area (Å²) < 4.78 is 2.86. The van der Waals surface area contributed by atoms with Crippen molar-refractivity contribution in [2.24, 2.45) is 5.92 Å². The van der Waals surface area contributed by atoms with Gasteiger partial charge in [-0.15, -0.1) is 17.1 Å². The fourth-order valence-corrected chi connectivity index (χ4v) is 12.1. The molecule has 2 unspecified atom stereocenters. The summed E-state index contributed by atoms with van der Waals surface area (Å²) in [6, 6.07) is 27.3. The molecule has 1 aromatic heterocycles. The van der Waals surface area contributed by atoms with E-state index in [-0.39, 0.29) is 40.3 Å². The van der Waals surface area contributed by atoms with Crippen LogP contribution in [0.15, 0.2) is 107 Å². The molecule has 0 saturated heterocycles. The number of benzene rings is 4. The van der Waals surface area contributed by atoms with E-state index in [1.807, 2.05) is 11.3 Å². The van der Waals surface area contributed by atoms with Crippen LogP contribution >= 0.6 is 11.3 Å². The summed E-state index contributed by atoms with van der Waals surface area (Å²) in [6.45, 7) is 35.2. The second kappa shape index (κ2) is 13.8. The highest BCUT2D eigenvalue weighted by atomic mass is 32.1. The SMILES string of the molecule is CC(C)=C=C(C)C1C=CC(C)=CC1N1c2ccc(C(C)(C)C)cc2B2c3sc4cc5c(cc4c3N(c3ccc(C(C)(C)C)cc3)c3cc(C)cc1c32)C(C)(C)CCC5(C)C. The van der Waals surface area contributed by atoms with E-state index in [0.717, 1.165) is 0 Å². The van der Waals surface area contributed by atoms with E-state index in [4.69, 9.17) is 0 Å². The van der Waals surface area contributed by atoms with E-state index in [2.05, 4.69) is 204 Å². The zero-order valence-electron chi connectivity index (χ0n) is 39.0. The van der Waals surface area contributed by atoms with Crippen LogP contribution in [0.1, 0.15) is 138 Å². The highest BCUT2D eigenvalue weighted by Gasteiger charge is 2.48. The quantitative estimate of drug-likeness (QED) is 0.130. The molecule has 0 amide bonds. The standard InChI is InChI=1S/C56H65BN2S/c1-33(2)26-36(5)40-22-16-34(3)27-46(40)59-45-23-19-38(54(9,10)11)30-44(45)57-50-47(28-35(4)29-48(50)59)58(39-20-17-37(18-21-39)53(6,7)8)51-41-31-42-43(32-49(41)60-52(51)57)56(14,15)25-24-55(42,12)13/h16-23,27-32,40,46H,24-25H2,1-15H3. The van der Waals surface area contributed by atoms with Crippen LogP contribution in [-0.4, -0.2) is 12.8 Å². The Morgan fingerprint density at radius 2 is 1.37 bits per heavy atom. The maximum Gasteiger partial charge on any atom is 0.264 e. The first-order valence-electron chi connectivity index (χ1n) is 22.4. The largest absolute Gasteiger partial charge is 0.334 e. The lowest BCUT2D eigenvalue weighted by molar-refractivity contribution is 0.332. The summed E-state index contributed by atoms with van der Waals surface area (Å²) in [7, 11) is 0. The van der Waals surface area contributed by atoms with Gasteiger partial charge in [0, 0.05) is 43.5 Å². The fraction of sp³-hybridized carbons (Fsp3) is 0.411. The van der Waals surface area contributed by atoms with Gasteiger partial charge in [-0.1, -0.05) is 117 Å². The third-order valence-electron chi connectivity index (χ3n) is 14.3. The number of aryl methyl sites for hydroxylation is 1. The molecule has 2 aliphatic heterocycles. The molecule has 9 rings (SSSR count). The molecule has 0 radical (unpaired) electrons. The predicted molar refractivity (Wildman–Crippen MR) is 265 cm³/mol. The van der Waals surface area contributed by atoms with E-state index >= 15 is 0 Å². The second-order valence-corrected chi connectivity index (χ2v) is 23.3. The Morgan fingerprint density at radius 3 is 2.00 bits per heavy atom. The Bertz CT molecular complexity index is 2730. The van der Waals surface area contributed by atoms with Crippen molar-refractivity contribution < 1.29 is 0 Å². The maximum absolute atomic E-state index is 3.75. The van der Waals surface area contributed by atoms with Gasteiger partial charge in [-0.2, -0.15) is 0 Å². The zero-order valence-corrected chi connectivity index (χ0v) is 39.8. The van der Waals surface area contributed by atoms with Gasteiger partial charge >= 0.3 is 0 Å². The first-order valence-corrected chi connectivity index (χ1v) is 23.2. The molecule has 0 N–H and O–H groups in total. The average Bonchev–Trinajstić information content (AvgIpc) is 3.53. The van der Waals surface area contributed by atoms with Crippen molar-refractivity contribution >= 4 is 72.3 Å². The minimum atomic E-state index is 0.000332. The van der Waals surface area contributed by atoms with Crippen LogP contribution in [0.4, 0.5) is 28.4 Å². The van der Waals surface area contributed by atoms with Crippen LogP contribution in [0, 0.1) is 12.8 Å². The molecule has 2 aliphatic carbocycles. The van der Waals surface area contributed by atoms with Gasteiger partial charge in [0.1, 0.15) is 0 Å². The Kier molecular flexibility index (Phi) is 9.37. The third-order valence-corrected chi connectivity index (χ3v) is 15.5. The van der Waals surface area contributed by atoms with Gasteiger partial charge in [-0.3, -0.25) is 0 Å². The van der Waals surface area contributed by atoms with Crippen molar-refractivity contribution in [2.45, 2.75) is 144 Å². The molecule has 60 heavy (non-hydrogen) atoms. The van der Waals surface area contributed by atoms with E-state index in [1.165, 1.54) is 112 Å². The van der Waals surface area contributed by atoms with E-state index in [9.17, 15) is 0 Å². The van der Waals surface area contributed by atoms with Crippen LogP contribution in [-0.2, 0) is 21.7 Å². The predicted octanol–water partition coefficient (Wildman–Crippen LogP) is 13.9. The molecule has 0 saturated carbocycles. The van der Waals surface area contributed by atoms with Crippen molar-refractivity contribution in [2.75, 3.05) is 9.80 Å². The lowest BCUT2D eigenvalue weighted by atomic mass is 9.36. The topological polar surface area (TPSA) is 6.48 Å². The van der Waals surface area contributed by atoms with Crippen molar-refractivity contribution in [3.05, 3.63) is 135 Å². The van der Waals surface area contributed by atoms with Gasteiger partial charge in [0.2, 0.25) is 0 Å². The van der Waals surface area contributed by atoms with Gasteiger partial charge in [-0.25, -0.2) is 0 Å². The van der Waals surface area contributed by atoms with Crippen molar-refractivity contribution in [3.8, 4) is 0 Å². The number of rotatable bonds is 3. The summed E-state index contributed by atoms with van der Waals surface area (Å²) >= 11 is 2.05. The zero-order chi connectivity index (χ0) is 43.0. The summed E-state index contributed by atoms with van der Waals surface area (Å²) in [4.78, 5) is 5.39. The van der Waals surface area contributed by atoms with Gasteiger partial charge in [-0.05, 0) is 161 Å². The number of anilines is 5. The minimum Gasteiger partial charge on any atom is -0.334 e. The van der Waals surface area contributed by atoms with Crippen molar-refractivity contribution in [1.82, 2.24) is 0 Å². The summed E-state index contributed by atoms with van der Waals surface area (Å²) in [5, 5.41) is 1.39. The van der Waals surface area contributed by atoms with E-state index in [1.54, 1.807) is 0 Å². The summed E-state index contributed by atoms with van der Waals surface area (Å²) in [5.41, 5.74) is 24.3. The summed E-state index contributed by atoms with van der Waals surface area (Å²) in [5.74, 6) is 0.175. The molecule has 2 nitrogen and oxygen atoms in total. The van der Waals surface area contributed by atoms with Crippen LogP contribution in [0.5, 0.6) is 0 Å².